The molecule has 1 aromatic carbocycles. The normalized spacial score (nSPS) is 18.2. The second kappa shape index (κ2) is 6.20. The van der Waals surface area contributed by atoms with Crippen molar-refractivity contribution in [2.24, 2.45) is 5.73 Å². The van der Waals surface area contributed by atoms with E-state index in [0.29, 0.717) is 16.5 Å². The Bertz CT molecular complexity index is 469. The van der Waals surface area contributed by atoms with Crippen LogP contribution in [0.3, 0.4) is 0 Å². The van der Waals surface area contributed by atoms with Gasteiger partial charge in [-0.05, 0) is 37.8 Å². The van der Waals surface area contributed by atoms with Crippen LogP contribution in [0.15, 0.2) is 12.1 Å². The predicted molar refractivity (Wildman–Crippen MR) is 79.7 cm³/mol. The van der Waals surface area contributed by atoms with E-state index in [9.17, 15) is 0 Å². The van der Waals surface area contributed by atoms with Crippen LogP contribution >= 0.6 is 11.6 Å². The van der Waals surface area contributed by atoms with Crippen LogP contribution in [0.1, 0.15) is 37.3 Å². The van der Waals surface area contributed by atoms with Crippen LogP contribution in [0, 0.1) is 0 Å². The zero-order chi connectivity index (χ0) is 14.8. The van der Waals surface area contributed by atoms with Crippen molar-refractivity contribution in [3.8, 4) is 11.5 Å². The van der Waals surface area contributed by atoms with Crippen molar-refractivity contribution in [2.75, 3.05) is 21.3 Å². The molecule has 0 aliphatic heterocycles. The molecular formula is C15H22ClNO3. The first-order valence-corrected chi connectivity index (χ1v) is 7.16. The first kappa shape index (κ1) is 15.4. The summed E-state index contributed by atoms with van der Waals surface area (Å²) >= 11 is 6.27. The van der Waals surface area contributed by atoms with Gasteiger partial charge in [-0.3, -0.25) is 0 Å². The summed E-state index contributed by atoms with van der Waals surface area (Å²) in [5, 5.41) is 0.461. The molecule has 0 spiro atoms. The molecule has 1 aliphatic rings. The van der Waals surface area contributed by atoms with Crippen molar-refractivity contribution < 1.29 is 14.2 Å². The molecule has 1 saturated carbocycles. The van der Waals surface area contributed by atoms with Crippen LogP contribution < -0.4 is 15.2 Å². The highest BCUT2D eigenvalue weighted by molar-refractivity contribution is 6.33. The third-order valence-electron chi connectivity index (χ3n) is 4.21. The summed E-state index contributed by atoms with van der Waals surface area (Å²) in [6.45, 7) is 0. The molecule has 0 heterocycles. The molecule has 1 aromatic rings. The lowest BCUT2D eigenvalue weighted by Gasteiger charge is -2.42. The van der Waals surface area contributed by atoms with Crippen LogP contribution in [0.25, 0.3) is 0 Å². The number of halogens is 1. The maximum atomic E-state index is 6.34. The Balaban J connectivity index is 2.25. The van der Waals surface area contributed by atoms with E-state index in [1.165, 1.54) is 6.42 Å². The smallest absolute Gasteiger partial charge is 0.146 e. The molecule has 0 bridgehead atoms. The van der Waals surface area contributed by atoms with Gasteiger partial charge in [0.25, 0.3) is 0 Å². The number of methoxy groups -OCH3 is 3. The molecule has 0 aromatic heterocycles. The molecule has 1 unspecified atom stereocenters. The Kier molecular flexibility index (Phi) is 4.78. The zero-order valence-corrected chi connectivity index (χ0v) is 13.0. The molecule has 1 atom stereocenters. The summed E-state index contributed by atoms with van der Waals surface area (Å²) in [6.07, 6.45) is 4.08. The summed E-state index contributed by atoms with van der Waals surface area (Å²) in [5.41, 5.74) is 7.15. The van der Waals surface area contributed by atoms with E-state index in [-0.39, 0.29) is 11.6 Å². The fourth-order valence-electron chi connectivity index (χ4n) is 2.78. The molecule has 4 nitrogen and oxygen atoms in total. The molecule has 1 aliphatic carbocycles. The van der Waals surface area contributed by atoms with Crippen molar-refractivity contribution in [3.63, 3.8) is 0 Å². The number of hydrogen-bond donors (Lipinski definition) is 1. The standard InChI is InChI=1S/C15H22ClNO3/c1-18-12-6-5-10(14(19-2)13(12)16)11(17)9-15(20-3)7-4-8-15/h5-6,11H,4,7-9,17H2,1-3H3. The van der Waals surface area contributed by atoms with Gasteiger partial charge in [-0.15, -0.1) is 0 Å². The predicted octanol–water partition coefficient (Wildman–Crippen LogP) is 3.32. The largest absolute Gasteiger partial charge is 0.495 e. The van der Waals surface area contributed by atoms with E-state index < -0.39 is 0 Å². The molecule has 20 heavy (non-hydrogen) atoms. The maximum Gasteiger partial charge on any atom is 0.146 e. The minimum Gasteiger partial charge on any atom is -0.495 e. The first-order valence-electron chi connectivity index (χ1n) is 6.78. The van der Waals surface area contributed by atoms with Gasteiger partial charge in [0.05, 0.1) is 19.8 Å². The lowest BCUT2D eigenvalue weighted by molar-refractivity contribution is -0.0817. The highest BCUT2D eigenvalue weighted by Gasteiger charge is 2.39. The van der Waals surface area contributed by atoms with Crippen molar-refractivity contribution in [3.05, 3.63) is 22.7 Å². The number of nitrogens with two attached hydrogens (primary N) is 1. The van der Waals surface area contributed by atoms with E-state index in [2.05, 4.69) is 0 Å². The van der Waals surface area contributed by atoms with Crippen LogP contribution in [0.2, 0.25) is 5.02 Å². The van der Waals surface area contributed by atoms with Gasteiger partial charge in [0, 0.05) is 18.7 Å². The highest BCUT2D eigenvalue weighted by atomic mass is 35.5. The Hall–Kier alpha value is -0.970. The average Bonchev–Trinajstić information content (AvgIpc) is 2.42. The molecule has 0 amide bonds. The summed E-state index contributed by atoms with van der Waals surface area (Å²) in [4.78, 5) is 0. The van der Waals surface area contributed by atoms with Crippen molar-refractivity contribution in [1.29, 1.82) is 0 Å². The zero-order valence-electron chi connectivity index (χ0n) is 12.2. The van der Waals surface area contributed by atoms with Crippen molar-refractivity contribution >= 4 is 11.6 Å². The van der Waals surface area contributed by atoms with Gasteiger partial charge in [0.15, 0.2) is 0 Å². The second-order valence-corrected chi connectivity index (χ2v) is 5.63. The SMILES string of the molecule is COc1ccc(C(N)CC2(OC)CCC2)c(OC)c1Cl. The molecule has 1 fully saturated rings. The van der Waals surface area contributed by atoms with E-state index in [4.69, 9.17) is 31.5 Å². The number of hydrogen-bond acceptors (Lipinski definition) is 4. The Morgan fingerprint density at radius 1 is 1.25 bits per heavy atom. The van der Waals surface area contributed by atoms with Gasteiger partial charge in [-0.1, -0.05) is 11.6 Å². The minimum absolute atomic E-state index is 0.0865. The van der Waals surface area contributed by atoms with Gasteiger partial charge < -0.3 is 19.9 Å². The van der Waals surface area contributed by atoms with Gasteiger partial charge in [0.1, 0.15) is 16.5 Å². The fourth-order valence-corrected chi connectivity index (χ4v) is 3.11. The molecule has 5 heteroatoms. The molecule has 2 rings (SSSR count). The Morgan fingerprint density at radius 3 is 2.40 bits per heavy atom. The average molecular weight is 300 g/mol. The fraction of sp³-hybridized carbons (Fsp3) is 0.600. The van der Waals surface area contributed by atoms with Crippen LogP contribution in [-0.4, -0.2) is 26.9 Å². The third kappa shape index (κ3) is 2.73. The molecular weight excluding hydrogens is 278 g/mol. The van der Waals surface area contributed by atoms with E-state index in [0.717, 1.165) is 24.8 Å². The summed E-state index contributed by atoms with van der Waals surface area (Å²) in [6, 6.07) is 3.56. The van der Waals surface area contributed by atoms with Gasteiger partial charge >= 0.3 is 0 Å². The van der Waals surface area contributed by atoms with Crippen LogP contribution in [0.4, 0.5) is 0 Å². The van der Waals surface area contributed by atoms with Gasteiger partial charge in [-0.25, -0.2) is 0 Å². The quantitative estimate of drug-likeness (QED) is 0.875. The third-order valence-corrected chi connectivity index (χ3v) is 4.56. The Morgan fingerprint density at radius 2 is 1.95 bits per heavy atom. The van der Waals surface area contributed by atoms with E-state index in [1.54, 1.807) is 21.3 Å². The number of benzene rings is 1. The number of ether oxygens (including phenoxy) is 3. The lowest BCUT2D eigenvalue weighted by atomic mass is 9.75. The van der Waals surface area contributed by atoms with Crippen LogP contribution in [0.5, 0.6) is 11.5 Å². The van der Waals surface area contributed by atoms with Crippen molar-refractivity contribution in [1.82, 2.24) is 0 Å². The molecule has 0 radical (unpaired) electrons. The van der Waals surface area contributed by atoms with E-state index >= 15 is 0 Å². The van der Waals surface area contributed by atoms with Crippen molar-refractivity contribution in [2.45, 2.75) is 37.3 Å². The van der Waals surface area contributed by atoms with Gasteiger partial charge in [-0.2, -0.15) is 0 Å². The van der Waals surface area contributed by atoms with Gasteiger partial charge in [0.2, 0.25) is 0 Å². The summed E-state index contributed by atoms with van der Waals surface area (Å²) < 4.78 is 16.2. The topological polar surface area (TPSA) is 53.7 Å². The molecule has 112 valence electrons. The lowest BCUT2D eigenvalue weighted by Crippen LogP contribution is -2.41. The summed E-state index contributed by atoms with van der Waals surface area (Å²) in [5.74, 6) is 1.17. The minimum atomic E-state index is -0.173. The highest BCUT2D eigenvalue weighted by Crippen LogP contribution is 2.45. The number of rotatable bonds is 6. The molecule has 2 N–H and O–H groups in total. The molecule has 0 saturated heterocycles. The first-order chi connectivity index (χ1) is 9.56. The summed E-state index contributed by atoms with van der Waals surface area (Å²) in [7, 11) is 4.92. The van der Waals surface area contributed by atoms with E-state index in [1.807, 2.05) is 12.1 Å². The monoisotopic (exact) mass is 299 g/mol. The Labute approximate surface area is 125 Å². The maximum absolute atomic E-state index is 6.34. The second-order valence-electron chi connectivity index (χ2n) is 5.26. The van der Waals surface area contributed by atoms with Crippen LogP contribution in [-0.2, 0) is 4.74 Å².